The third-order valence-electron chi connectivity index (χ3n) is 3.55. The number of hydrogen-bond donors (Lipinski definition) is 0. The Kier molecular flexibility index (Phi) is 3.20. The first-order chi connectivity index (χ1) is 7.05. The predicted octanol–water partition coefficient (Wildman–Crippen LogP) is 0.219. The molecule has 0 aromatic rings. The van der Waals surface area contributed by atoms with Gasteiger partial charge in [-0.25, -0.2) is 14.0 Å². The standard InChI is InChI=1S/C9H21N4OP/c1-10-4-7-13-8-5-11(2)15(10,14)12(3)6-9-13/h4-9H2,1-3H3. The maximum atomic E-state index is 13.0. The first-order valence-corrected chi connectivity index (χ1v) is 7.09. The molecule has 0 spiro atoms. The second kappa shape index (κ2) is 4.15. The summed E-state index contributed by atoms with van der Waals surface area (Å²) in [7, 11) is 3.48. The van der Waals surface area contributed by atoms with E-state index < -0.39 is 7.59 Å². The molecule has 3 aliphatic heterocycles. The van der Waals surface area contributed by atoms with Crippen molar-refractivity contribution in [2.24, 2.45) is 0 Å². The molecule has 0 radical (unpaired) electrons. The van der Waals surface area contributed by atoms with E-state index in [4.69, 9.17) is 0 Å². The van der Waals surface area contributed by atoms with Crippen LogP contribution in [0.1, 0.15) is 0 Å². The van der Waals surface area contributed by atoms with Crippen molar-refractivity contribution in [3.8, 4) is 0 Å². The van der Waals surface area contributed by atoms with Crippen LogP contribution in [0.3, 0.4) is 0 Å². The summed E-state index contributed by atoms with van der Waals surface area (Å²) in [5.41, 5.74) is 0. The summed E-state index contributed by atoms with van der Waals surface area (Å²) in [4.78, 5) is 2.45. The Balaban J connectivity index is 2.34. The molecule has 6 heteroatoms. The summed E-state index contributed by atoms with van der Waals surface area (Å²) >= 11 is 0. The van der Waals surface area contributed by atoms with Gasteiger partial charge in [-0.05, 0) is 21.1 Å². The average molecular weight is 232 g/mol. The molecule has 0 atom stereocenters. The summed E-state index contributed by atoms with van der Waals surface area (Å²) in [6, 6.07) is 0. The topological polar surface area (TPSA) is 30.0 Å². The van der Waals surface area contributed by atoms with Gasteiger partial charge in [0.2, 0.25) is 0 Å². The average Bonchev–Trinajstić information content (AvgIpc) is 2.22. The van der Waals surface area contributed by atoms with E-state index in [-0.39, 0.29) is 0 Å². The Hall–Kier alpha value is 0.0700. The van der Waals surface area contributed by atoms with Crippen molar-refractivity contribution in [3.63, 3.8) is 0 Å². The normalized spacial score (nSPS) is 41.1. The minimum atomic E-state index is -2.45. The minimum absolute atomic E-state index is 0.895. The molecule has 3 fully saturated rings. The number of nitrogens with zero attached hydrogens (tertiary/aromatic N) is 4. The van der Waals surface area contributed by atoms with E-state index in [0.717, 1.165) is 39.3 Å². The highest BCUT2D eigenvalue weighted by molar-refractivity contribution is 7.56. The van der Waals surface area contributed by atoms with E-state index >= 15 is 0 Å². The second-order valence-electron chi connectivity index (χ2n) is 4.50. The van der Waals surface area contributed by atoms with Gasteiger partial charge in [0.05, 0.1) is 0 Å². The maximum absolute atomic E-state index is 13.0. The molecule has 0 amide bonds. The Morgan fingerprint density at radius 1 is 0.733 bits per heavy atom. The molecule has 2 bridgehead atoms. The summed E-state index contributed by atoms with van der Waals surface area (Å²) < 4.78 is 19.1. The number of fused-ring (bicyclic) bond motifs is 6. The molecule has 0 aromatic heterocycles. The lowest BCUT2D eigenvalue weighted by atomic mass is 10.4. The van der Waals surface area contributed by atoms with Crippen molar-refractivity contribution in [3.05, 3.63) is 0 Å². The van der Waals surface area contributed by atoms with Crippen LogP contribution in [0.25, 0.3) is 0 Å². The molecule has 15 heavy (non-hydrogen) atoms. The van der Waals surface area contributed by atoms with E-state index in [1.807, 2.05) is 35.2 Å². The fraction of sp³-hybridized carbons (Fsp3) is 1.00. The van der Waals surface area contributed by atoms with Crippen molar-refractivity contribution in [2.45, 2.75) is 0 Å². The zero-order valence-corrected chi connectivity index (χ0v) is 10.8. The molecule has 0 saturated carbocycles. The van der Waals surface area contributed by atoms with E-state index in [1.54, 1.807) is 0 Å². The van der Waals surface area contributed by atoms with Crippen LogP contribution in [-0.4, -0.2) is 79.3 Å². The van der Waals surface area contributed by atoms with E-state index in [1.165, 1.54) is 0 Å². The Bertz CT molecular complexity index is 242. The van der Waals surface area contributed by atoms with Crippen LogP contribution in [0, 0.1) is 0 Å². The highest BCUT2D eigenvalue weighted by Gasteiger charge is 2.40. The van der Waals surface area contributed by atoms with Crippen LogP contribution in [0.4, 0.5) is 0 Å². The lowest BCUT2D eigenvalue weighted by Crippen LogP contribution is -2.51. The molecule has 3 aliphatic rings. The molecular weight excluding hydrogens is 211 g/mol. The summed E-state index contributed by atoms with van der Waals surface area (Å²) in [5.74, 6) is 0. The highest BCUT2D eigenvalue weighted by atomic mass is 31.2. The van der Waals surface area contributed by atoms with Gasteiger partial charge in [-0.2, -0.15) is 0 Å². The van der Waals surface area contributed by atoms with Gasteiger partial charge >= 0.3 is 0 Å². The maximum Gasteiger partial charge on any atom is 0.286 e. The van der Waals surface area contributed by atoms with Crippen molar-refractivity contribution in [2.75, 3.05) is 60.4 Å². The van der Waals surface area contributed by atoms with Crippen LogP contribution in [0.2, 0.25) is 0 Å². The molecule has 88 valence electrons. The third-order valence-corrected chi connectivity index (χ3v) is 6.82. The summed E-state index contributed by atoms with van der Waals surface area (Å²) in [5, 5.41) is 0. The zero-order valence-electron chi connectivity index (χ0n) is 9.89. The number of rotatable bonds is 0. The van der Waals surface area contributed by atoms with Crippen LogP contribution in [0.15, 0.2) is 0 Å². The molecule has 3 heterocycles. The molecule has 3 rings (SSSR count). The molecule has 5 nitrogen and oxygen atoms in total. The molecule has 0 unspecified atom stereocenters. The van der Waals surface area contributed by atoms with Crippen molar-refractivity contribution in [1.82, 2.24) is 18.9 Å². The molecule has 0 aliphatic carbocycles. The highest BCUT2D eigenvalue weighted by Crippen LogP contribution is 2.54. The minimum Gasteiger partial charge on any atom is -0.299 e. The van der Waals surface area contributed by atoms with Gasteiger partial charge in [0.1, 0.15) is 0 Å². The van der Waals surface area contributed by atoms with E-state index in [9.17, 15) is 4.57 Å². The van der Waals surface area contributed by atoms with Gasteiger partial charge in [0.15, 0.2) is 0 Å². The van der Waals surface area contributed by atoms with Gasteiger partial charge in [-0.3, -0.25) is 9.46 Å². The first-order valence-electron chi connectivity index (χ1n) is 5.52. The SMILES string of the molecule is CN1CCN2CCN(C)P1(=O)N(C)CC2. The smallest absolute Gasteiger partial charge is 0.286 e. The molecule has 0 aromatic carbocycles. The largest absolute Gasteiger partial charge is 0.299 e. The Morgan fingerprint density at radius 2 is 1.07 bits per heavy atom. The van der Waals surface area contributed by atoms with Gasteiger partial charge in [-0.15, -0.1) is 0 Å². The lowest BCUT2D eigenvalue weighted by molar-refractivity contribution is 0.171. The van der Waals surface area contributed by atoms with E-state index in [0.29, 0.717) is 0 Å². The van der Waals surface area contributed by atoms with Crippen molar-refractivity contribution < 1.29 is 4.57 Å². The fourth-order valence-corrected chi connectivity index (χ4v) is 4.98. The number of hydrogen-bond acceptors (Lipinski definition) is 2. The van der Waals surface area contributed by atoms with Gasteiger partial charge < -0.3 is 0 Å². The van der Waals surface area contributed by atoms with Crippen LogP contribution < -0.4 is 0 Å². The van der Waals surface area contributed by atoms with E-state index in [2.05, 4.69) is 4.90 Å². The van der Waals surface area contributed by atoms with Gasteiger partial charge in [-0.1, -0.05) is 0 Å². The Morgan fingerprint density at radius 3 is 1.40 bits per heavy atom. The monoisotopic (exact) mass is 232 g/mol. The van der Waals surface area contributed by atoms with Gasteiger partial charge in [0, 0.05) is 39.3 Å². The summed E-state index contributed by atoms with van der Waals surface area (Å²) in [6.45, 7) is 5.82. The first kappa shape index (κ1) is 11.6. The van der Waals surface area contributed by atoms with Gasteiger partial charge in [0.25, 0.3) is 7.59 Å². The van der Waals surface area contributed by atoms with Crippen LogP contribution in [-0.2, 0) is 4.57 Å². The second-order valence-corrected chi connectivity index (χ2v) is 7.57. The fourth-order valence-electron chi connectivity index (χ4n) is 2.37. The third kappa shape index (κ3) is 1.87. The Labute approximate surface area is 92.1 Å². The van der Waals surface area contributed by atoms with Crippen LogP contribution in [0.5, 0.6) is 0 Å². The predicted molar refractivity (Wildman–Crippen MR) is 61.9 cm³/mol. The summed E-state index contributed by atoms with van der Waals surface area (Å²) in [6.07, 6.45) is 0. The van der Waals surface area contributed by atoms with Crippen molar-refractivity contribution >= 4 is 7.59 Å². The zero-order chi connectivity index (χ0) is 11.1. The van der Waals surface area contributed by atoms with Crippen LogP contribution >= 0.6 is 7.59 Å². The lowest BCUT2D eigenvalue weighted by Gasteiger charge is -2.46. The quantitative estimate of drug-likeness (QED) is 0.557. The molecular formula is C9H21N4OP. The number of likely N-dealkylation sites (N-methyl/N-ethyl adjacent to an activating group) is 3. The van der Waals surface area contributed by atoms with Crippen molar-refractivity contribution in [1.29, 1.82) is 0 Å². The molecule has 3 saturated heterocycles. The molecule has 0 N–H and O–H groups in total.